The van der Waals surface area contributed by atoms with Gasteiger partial charge in [0, 0.05) is 13.7 Å². The van der Waals surface area contributed by atoms with Gasteiger partial charge in [0.1, 0.15) is 0 Å². The Bertz CT molecular complexity index is 1020. The second kappa shape index (κ2) is 6.88. The van der Waals surface area contributed by atoms with E-state index in [1.807, 2.05) is 29.7 Å². The first-order chi connectivity index (χ1) is 11.5. The van der Waals surface area contributed by atoms with Crippen LogP contribution in [0.1, 0.15) is 5.56 Å². The number of ether oxygens (including phenoxy) is 1. The lowest BCUT2D eigenvalue weighted by Gasteiger charge is -2.04. The van der Waals surface area contributed by atoms with Crippen LogP contribution >= 0.6 is 11.3 Å². The number of fused-ring (bicyclic) bond motifs is 1. The van der Waals surface area contributed by atoms with Crippen LogP contribution in [0.4, 0.5) is 0 Å². The quantitative estimate of drug-likeness (QED) is 0.701. The number of benzene rings is 2. The maximum atomic E-state index is 12.6. The molecular weight excluding hydrogens is 344 g/mol. The molecule has 0 spiro atoms. The van der Waals surface area contributed by atoms with Crippen molar-refractivity contribution in [3.63, 3.8) is 0 Å². The molecule has 0 atom stereocenters. The summed E-state index contributed by atoms with van der Waals surface area (Å²) < 4.78 is 37.3. The number of hydrogen-bond donors (Lipinski definition) is 0. The van der Waals surface area contributed by atoms with Crippen molar-refractivity contribution in [3.8, 4) is 0 Å². The zero-order valence-corrected chi connectivity index (χ0v) is 15.1. The summed E-state index contributed by atoms with van der Waals surface area (Å²) in [4.78, 5) is 0.647. The molecule has 0 saturated carbocycles. The Hall–Kier alpha value is -1.96. The van der Waals surface area contributed by atoms with E-state index in [1.165, 1.54) is 11.3 Å². The van der Waals surface area contributed by atoms with Gasteiger partial charge in [0.15, 0.2) is 0 Å². The second-order valence-electron chi connectivity index (χ2n) is 5.38. The van der Waals surface area contributed by atoms with E-state index in [0.29, 0.717) is 18.0 Å². The van der Waals surface area contributed by atoms with Crippen LogP contribution in [0.25, 0.3) is 10.2 Å². The van der Waals surface area contributed by atoms with Crippen LogP contribution in [0.5, 0.6) is 0 Å². The van der Waals surface area contributed by atoms with Crippen LogP contribution in [0, 0.1) is 6.92 Å². The minimum absolute atomic E-state index is 0.192. The van der Waals surface area contributed by atoms with Crippen molar-refractivity contribution in [1.82, 2.24) is 4.57 Å². The van der Waals surface area contributed by atoms with Crippen LogP contribution < -0.4 is 4.80 Å². The SMILES string of the molecule is COCCn1/c(=N/S(=O)(=O)c2ccccc2)sc2cc(C)ccc21. The van der Waals surface area contributed by atoms with Gasteiger partial charge < -0.3 is 9.30 Å². The van der Waals surface area contributed by atoms with E-state index in [2.05, 4.69) is 4.40 Å². The molecule has 2 aromatic carbocycles. The van der Waals surface area contributed by atoms with E-state index in [-0.39, 0.29) is 4.90 Å². The maximum absolute atomic E-state index is 12.6. The molecule has 3 rings (SSSR count). The first-order valence-corrected chi connectivity index (χ1v) is 9.72. The van der Waals surface area contributed by atoms with E-state index in [4.69, 9.17) is 4.74 Å². The lowest BCUT2D eigenvalue weighted by atomic mass is 10.2. The summed E-state index contributed by atoms with van der Waals surface area (Å²) in [7, 11) is -2.12. The smallest absolute Gasteiger partial charge is 0.285 e. The largest absolute Gasteiger partial charge is 0.383 e. The molecule has 0 N–H and O–H groups in total. The molecule has 0 fully saturated rings. The molecule has 0 unspecified atom stereocenters. The van der Waals surface area contributed by atoms with Crippen molar-refractivity contribution in [2.24, 2.45) is 4.40 Å². The Morgan fingerprint density at radius 1 is 1.17 bits per heavy atom. The van der Waals surface area contributed by atoms with Crippen molar-refractivity contribution in [2.45, 2.75) is 18.4 Å². The minimum atomic E-state index is -3.74. The molecule has 126 valence electrons. The number of rotatable bonds is 5. The molecule has 0 bridgehead atoms. The maximum Gasteiger partial charge on any atom is 0.285 e. The summed E-state index contributed by atoms with van der Waals surface area (Å²) in [6.07, 6.45) is 0. The van der Waals surface area contributed by atoms with Gasteiger partial charge in [-0.05, 0) is 36.8 Å². The summed E-state index contributed by atoms with van der Waals surface area (Å²) in [5.74, 6) is 0. The van der Waals surface area contributed by atoms with Gasteiger partial charge in [-0.15, -0.1) is 4.40 Å². The number of nitrogens with zero attached hydrogens (tertiary/aromatic N) is 2. The normalized spacial score (nSPS) is 12.8. The molecule has 1 aromatic heterocycles. The van der Waals surface area contributed by atoms with Crippen LogP contribution in [-0.2, 0) is 21.3 Å². The average molecular weight is 362 g/mol. The fourth-order valence-electron chi connectivity index (χ4n) is 2.40. The van der Waals surface area contributed by atoms with E-state index in [9.17, 15) is 8.42 Å². The monoisotopic (exact) mass is 362 g/mol. The minimum Gasteiger partial charge on any atom is -0.383 e. The summed E-state index contributed by atoms with van der Waals surface area (Å²) in [5, 5.41) is 0. The molecule has 7 heteroatoms. The molecule has 5 nitrogen and oxygen atoms in total. The van der Waals surface area contributed by atoms with Crippen molar-refractivity contribution in [2.75, 3.05) is 13.7 Å². The van der Waals surface area contributed by atoms with E-state index in [1.54, 1.807) is 37.4 Å². The average Bonchev–Trinajstić information content (AvgIpc) is 2.89. The molecule has 0 amide bonds. The van der Waals surface area contributed by atoms with Gasteiger partial charge in [-0.2, -0.15) is 8.42 Å². The van der Waals surface area contributed by atoms with Crippen LogP contribution in [0.15, 0.2) is 57.8 Å². The van der Waals surface area contributed by atoms with E-state index < -0.39 is 10.0 Å². The summed E-state index contributed by atoms with van der Waals surface area (Å²) in [6, 6.07) is 14.3. The third-order valence-electron chi connectivity index (χ3n) is 3.60. The number of sulfonamides is 1. The van der Waals surface area contributed by atoms with Gasteiger partial charge in [-0.1, -0.05) is 35.6 Å². The Kier molecular flexibility index (Phi) is 4.84. The van der Waals surface area contributed by atoms with Crippen molar-refractivity contribution in [3.05, 3.63) is 58.9 Å². The number of aromatic nitrogens is 1. The third-order valence-corrected chi connectivity index (χ3v) is 6.03. The Morgan fingerprint density at radius 3 is 2.62 bits per heavy atom. The van der Waals surface area contributed by atoms with E-state index in [0.717, 1.165) is 15.8 Å². The third kappa shape index (κ3) is 3.43. The summed E-state index contributed by atoms with van der Waals surface area (Å²) in [6.45, 7) is 3.04. The van der Waals surface area contributed by atoms with Crippen molar-refractivity contribution < 1.29 is 13.2 Å². The Morgan fingerprint density at radius 2 is 1.92 bits per heavy atom. The van der Waals surface area contributed by atoms with Crippen LogP contribution in [0.3, 0.4) is 0 Å². The molecule has 24 heavy (non-hydrogen) atoms. The molecular formula is C17H18N2O3S2. The van der Waals surface area contributed by atoms with Crippen LogP contribution in [-0.4, -0.2) is 26.7 Å². The first kappa shape index (κ1) is 16.9. The topological polar surface area (TPSA) is 60.7 Å². The van der Waals surface area contributed by atoms with Crippen LogP contribution in [0.2, 0.25) is 0 Å². The predicted molar refractivity (Wildman–Crippen MR) is 95.6 cm³/mol. The molecule has 3 aromatic rings. The molecule has 0 aliphatic heterocycles. The highest BCUT2D eigenvalue weighted by atomic mass is 32.2. The lowest BCUT2D eigenvalue weighted by molar-refractivity contribution is 0.187. The molecule has 0 radical (unpaired) electrons. The molecule has 0 aliphatic carbocycles. The van der Waals surface area contributed by atoms with Gasteiger partial charge >= 0.3 is 0 Å². The number of aryl methyl sites for hydroxylation is 1. The molecule has 1 heterocycles. The zero-order valence-electron chi connectivity index (χ0n) is 13.5. The summed E-state index contributed by atoms with van der Waals surface area (Å²) in [5.41, 5.74) is 2.09. The molecule has 0 aliphatic rings. The fourth-order valence-corrected chi connectivity index (χ4v) is 4.78. The van der Waals surface area contributed by atoms with Gasteiger partial charge in [-0.25, -0.2) is 0 Å². The zero-order chi connectivity index (χ0) is 17.2. The fraction of sp³-hybridized carbons (Fsp3) is 0.235. The molecule has 0 saturated heterocycles. The van der Waals surface area contributed by atoms with Gasteiger partial charge in [0.05, 0.1) is 21.7 Å². The van der Waals surface area contributed by atoms with Gasteiger partial charge in [-0.3, -0.25) is 0 Å². The highest BCUT2D eigenvalue weighted by Gasteiger charge is 2.14. The number of methoxy groups -OCH3 is 1. The highest BCUT2D eigenvalue weighted by Crippen LogP contribution is 2.20. The standard InChI is InChI=1S/C17H18N2O3S2/c1-13-8-9-15-16(12-13)23-17(19(15)10-11-22-2)18-24(20,21)14-6-4-3-5-7-14/h3-9,12H,10-11H2,1-2H3/b18-17-. The van der Waals surface area contributed by atoms with Gasteiger partial charge in [0.2, 0.25) is 4.80 Å². The van der Waals surface area contributed by atoms with Crippen molar-refractivity contribution in [1.29, 1.82) is 0 Å². The highest BCUT2D eigenvalue weighted by molar-refractivity contribution is 7.90. The Labute approximate surface area is 144 Å². The number of hydrogen-bond acceptors (Lipinski definition) is 4. The van der Waals surface area contributed by atoms with Gasteiger partial charge in [0.25, 0.3) is 10.0 Å². The predicted octanol–water partition coefficient (Wildman–Crippen LogP) is 2.95. The first-order valence-electron chi connectivity index (χ1n) is 7.46. The number of thiazole rings is 1. The lowest BCUT2D eigenvalue weighted by Crippen LogP contribution is -2.19. The second-order valence-corrected chi connectivity index (χ2v) is 7.99. The van der Waals surface area contributed by atoms with E-state index >= 15 is 0 Å². The summed E-state index contributed by atoms with van der Waals surface area (Å²) >= 11 is 1.37. The Balaban J connectivity index is 2.21. The van der Waals surface area contributed by atoms with Crippen molar-refractivity contribution >= 4 is 31.6 Å².